The third-order valence-electron chi connectivity index (χ3n) is 4.25. The number of nitrogens with two attached hydrogens (primary N) is 1. The van der Waals surface area contributed by atoms with Gasteiger partial charge in [0, 0.05) is 31.9 Å². The monoisotopic (exact) mass is 396 g/mol. The van der Waals surface area contributed by atoms with Crippen molar-refractivity contribution >= 4 is 23.4 Å². The molecule has 0 aliphatic rings. The fourth-order valence-electron chi connectivity index (χ4n) is 2.57. The molecule has 1 heterocycles. The SMILES string of the molecule is Cc1ccc(-c2nnc(SCC(=O)NCc3ccc(N(C)C)cc3)n2N)cc1. The van der Waals surface area contributed by atoms with Crippen LogP contribution in [0.1, 0.15) is 11.1 Å². The Hall–Kier alpha value is -3.00. The average Bonchev–Trinajstić information content (AvgIpc) is 3.06. The first-order valence-corrected chi connectivity index (χ1v) is 9.86. The molecule has 0 atom stereocenters. The number of hydrogen-bond acceptors (Lipinski definition) is 6. The number of hydrogen-bond donors (Lipinski definition) is 2. The summed E-state index contributed by atoms with van der Waals surface area (Å²) in [5, 5.41) is 11.6. The van der Waals surface area contributed by atoms with Crippen molar-refractivity contribution < 1.29 is 4.79 Å². The minimum atomic E-state index is -0.0819. The van der Waals surface area contributed by atoms with E-state index in [1.54, 1.807) is 0 Å². The molecule has 7 nitrogen and oxygen atoms in total. The third kappa shape index (κ3) is 4.83. The maximum absolute atomic E-state index is 12.2. The molecule has 0 saturated carbocycles. The molecule has 0 aliphatic carbocycles. The molecule has 28 heavy (non-hydrogen) atoms. The predicted octanol–water partition coefficient (Wildman–Crippen LogP) is 2.44. The van der Waals surface area contributed by atoms with Gasteiger partial charge in [0.2, 0.25) is 11.1 Å². The molecule has 3 aromatic rings. The maximum Gasteiger partial charge on any atom is 0.230 e. The van der Waals surface area contributed by atoms with Crippen molar-refractivity contribution in [2.45, 2.75) is 18.6 Å². The molecular weight excluding hydrogens is 372 g/mol. The molecule has 1 aromatic heterocycles. The second-order valence-electron chi connectivity index (χ2n) is 6.67. The average molecular weight is 397 g/mol. The number of carbonyl (C=O) groups is 1. The number of aryl methyl sites for hydroxylation is 1. The van der Waals surface area contributed by atoms with E-state index in [1.165, 1.54) is 16.4 Å². The summed E-state index contributed by atoms with van der Waals surface area (Å²) in [5.74, 6) is 6.81. The molecule has 3 N–H and O–H groups in total. The molecule has 3 rings (SSSR count). The van der Waals surface area contributed by atoms with Gasteiger partial charge in [-0.2, -0.15) is 0 Å². The highest BCUT2D eigenvalue weighted by Crippen LogP contribution is 2.21. The summed E-state index contributed by atoms with van der Waals surface area (Å²) in [6.45, 7) is 2.50. The van der Waals surface area contributed by atoms with E-state index in [1.807, 2.05) is 74.4 Å². The zero-order chi connectivity index (χ0) is 20.1. The van der Waals surface area contributed by atoms with Gasteiger partial charge in [0.15, 0.2) is 5.82 Å². The van der Waals surface area contributed by atoms with Gasteiger partial charge in [-0.05, 0) is 24.6 Å². The van der Waals surface area contributed by atoms with Gasteiger partial charge in [-0.25, -0.2) is 4.68 Å². The summed E-state index contributed by atoms with van der Waals surface area (Å²) in [5.41, 5.74) is 4.22. The van der Waals surface area contributed by atoms with Crippen molar-refractivity contribution in [2.75, 3.05) is 30.6 Å². The standard InChI is InChI=1S/C20H24N6OS/c1-14-4-8-16(9-5-14)19-23-24-20(26(19)21)28-13-18(27)22-12-15-6-10-17(11-7-15)25(2)3/h4-11H,12-13,21H2,1-3H3,(H,22,27). The number of benzene rings is 2. The number of thioether (sulfide) groups is 1. The highest BCUT2D eigenvalue weighted by molar-refractivity contribution is 7.99. The Morgan fingerprint density at radius 3 is 2.43 bits per heavy atom. The van der Waals surface area contributed by atoms with Crippen molar-refractivity contribution in [1.29, 1.82) is 0 Å². The largest absolute Gasteiger partial charge is 0.378 e. The lowest BCUT2D eigenvalue weighted by Crippen LogP contribution is -2.25. The number of anilines is 1. The van der Waals surface area contributed by atoms with Crippen LogP contribution >= 0.6 is 11.8 Å². The van der Waals surface area contributed by atoms with Crippen molar-refractivity contribution in [3.05, 3.63) is 59.7 Å². The van der Waals surface area contributed by atoms with Crippen molar-refractivity contribution in [3.8, 4) is 11.4 Å². The van der Waals surface area contributed by atoms with Crippen LogP contribution in [-0.2, 0) is 11.3 Å². The second-order valence-corrected chi connectivity index (χ2v) is 7.61. The van der Waals surface area contributed by atoms with E-state index in [0.717, 1.165) is 22.4 Å². The summed E-state index contributed by atoms with van der Waals surface area (Å²) in [7, 11) is 3.99. The Kier molecular flexibility index (Phi) is 6.20. The fraction of sp³-hybridized carbons (Fsp3) is 0.250. The first-order chi connectivity index (χ1) is 13.4. The van der Waals surface area contributed by atoms with Gasteiger partial charge < -0.3 is 16.1 Å². The zero-order valence-electron chi connectivity index (χ0n) is 16.2. The molecule has 146 valence electrons. The van der Waals surface area contributed by atoms with Gasteiger partial charge in [-0.1, -0.05) is 53.7 Å². The van der Waals surface area contributed by atoms with E-state index in [0.29, 0.717) is 17.5 Å². The molecule has 2 aromatic carbocycles. The van der Waals surface area contributed by atoms with Crippen molar-refractivity contribution in [3.63, 3.8) is 0 Å². The van der Waals surface area contributed by atoms with Crippen LogP contribution in [0.5, 0.6) is 0 Å². The normalized spacial score (nSPS) is 10.7. The second kappa shape index (κ2) is 8.79. The number of aromatic nitrogens is 3. The lowest BCUT2D eigenvalue weighted by Gasteiger charge is -2.12. The molecule has 0 fully saturated rings. The Bertz CT molecular complexity index is 934. The molecule has 0 radical (unpaired) electrons. The summed E-state index contributed by atoms with van der Waals surface area (Å²) >= 11 is 1.26. The maximum atomic E-state index is 12.2. The Labute approximate surface area is 168 Å². The van der Waals surface area contributed by atoms with Crippen molar-refractivity contribution in [2.24, 2.45) is 0 Å². The van der Waals surface area contributed by atoms with Crippen LogP contribution in [0, 0.1) is 6.92 Å². The molecular formula is C20H24N6OS. The molecule has 0 saturated heterocycles. The minimum absolute atomic E-state index is 0.0819. The lowest BCUT2D eigenvalue weighted by molar-refractivity contribution is -0.118. The highest BCUT2D eigenvalue weighted by Gasteiger charge is 2.13. The summed E-state index contributed by atoms with van der Waals surface area (Å²) in [6, 6.07) is 16.0. The van der Waals surface area contributed by atoms with Crippen LogP contribution in [0.3, 0.4) is 0 Å². The lowest BCUT2D eigenvalue weighted by atomic mass is 10.1. The number of rotatable bonds is 7. The zero-order valence-corrected chi connectivity index (χ0v) is 17.0. The predicted molar refractivity (Wildman–Crippen MR) is 114 cm³/mol. The van der Waals surface area contributed by atoms with Crippen molar-refractivity contribution in [1.82, 2.24) is 20.2 Å². The number of carbonyl (C=O) groups excluding carboxylic acids is 1. The number of nitrogen functional groups attached to an aromatic ring is 1. The van der Waals surface area contributed by atoms with Crippen LogP contribution in [-0.4, -0.2) is 40.6 Å². The molecule has 1 amide bonds. The summed E-state index contributed by atoms with van der Waals surface area (Å²) in [6.07, 6.45) is 0. The molecule has 0 bridgehead atoms. The Morgan fingerprint density at radius 1 is 1.11 bits per heavy atom. The van der Waals surface area contributed by atoms with Crippen LogP contribution in [0.2, 0.25) is 0 Å². The number of amides is 1. The Balaban J connectivity index is 1.52. The van der Waals surface area contributed by atoms with E-state index in [-0.39, 0.29) is 11.7 Å². The topological polar surface area (TPSA) is 89.1 Å². The summed E-state index contributed by atoms with van der Waals surface area (Å²) < 4.78 is 1.42. The van der Waals surface area contributed by atoms with Gasteiger partial charge in [0.25, 0.3) is 0 Å². The first kappa shape index (κ1) is 19.8. The van der Waals surface area contributed by atoms with Gasteiger partial charge in [-0.3, -0.25) is 4.79 Å². The summed E-state index contributed by atoms with van der Waals surface area (Å²) in [4.78, 5) is 14.2. The van der Waals surface area contributed by atoms with Crippen LogP contribution in [0.4, 0.5) is 5.69 Å². The number of nitrogens with one attached hydrogen (secondary N) is 1. The van der Waals surface area contributed by atoms with Gasteiger partial charge in [0.1, 0.15) is 0 Å². The van der Waals surface area contributed by atoms with Gasteiger partial charge >= 0.3 is 0 Å². The van der Waals surface area contributed by atoms with E-state index < -0.39 is 0 Å². The molecule has 0 unspecified atom stereocenters. The first-order valence-electron chi connectivity index (χ1n) is 8.87. The van der Waals surface area contributed by atoms with E-state index in [9.17, 15) is 4.79 Å². The molecule has 0 aliphatic heterocycles. The van der Waals surface area contributed by atoms with E-state index in [4.69, 9.17) is 5.84 Å². The van der Waals surface area contributed by atoms with Crippen LogP contribution < -0.4 is 16.1 Å². The Morgan fingerprint density at radius 2 is 1.79 bits per heavy atom. The van der Waals surface area contributed by atoms with E-state index in [2.05, 4.69) is 15.5 Å². The minimum Gasteiger partial charge on any atom is -0.378 e. The smallest absolute Gasteiger partial charge is 0.230 e. The molecule has 8 heteroatoms. The highest BCUT2D eigenvalue weighted by atomic mass is 32.2. The van der Waals surface area contributed by atoms with Crippen LogP contribution in [0.25, 0.3) is 11.4 Å². The van der Waals surface area contributed by atoms with Gasteiger partial charge in [-0.15, -0.1) is 10.2 Å². The fourth-order valence-corrected chi connectivity index (χ4v) is 3.26. The molecule has 0 spiro atoms. The van der Waals surface area contributed by atoms with Gasteiger partial charge in [0.05, 0.1) is 5.75 Å². The van der Waals surface area contributed by atoms with E-state index >= 15 is 0 Å². The quantitative estimate of drug-likeness (QED) is 0.471. The van der Waals surface area contributed by atoms with Crippen LogP contribution in [0.15, 0.2) is 53.7 Å². The number of nitrogens with zero attached hydrogens (tertiary/aromatic N) is 4. The third-order valence-corrected chi connectivity index (χ3v) is 5.19.